The minimum absolute atomic E-state index is 0.490. The van der Waals surface area contributed by atoms with Gasteiger partial charge in [0.25, 0.3) is 0 Å². The van der Waals surface area contributed by atoms with Crippen molar-refractivity contribution in [2.24, 2.45) is 0 Å². The highest BCUT2D eigenvalue weighted by Crippen LogP contribution is 2.17. The topological polar surface area (TPSA) is 83.1 Å². The highest BCUT2D eigenvalue weighted by Gasteiger charge is 2.13. The molecule has 3 aromatic heterocycles. The molecule has 25 heavy (non-hydrogen) atoms. The fourth-order valence-electron chi connectivity index (χ4n) is 2.85. The minimum atomic E-state index is -1.31. The lowest BCUT2D eigenvalue weighted by molar-refractivity contribution is 0.122. The molecule has 1 atom stereocenters. The van der Waals surface area contributed by atoms with Gasteiger partial charge in [-0.15, -0.1) is 0 Å². The largest absolute Gasteiger partial charge is 0.378 e. The molecule has 0 saturated carbocycles. The van der Waals surface area contributed by atoms with Crippen LogP contribution in [0.1, 0.15) is 5.56 Å². The Morgan fingerprint density at radius 1 is 1.24 bits per heavy atom. The molecule has 2 N–H and O–H groups in total. The van der Waals surface area contributed by atoms with E-state index >= 15 is 0 Å². The predicted octanol–water partition coefficient (Wildman–Crippen LogP) is 1.61. The number of pyridine rings is 2. The van der Waals surface area contributed by atoms with Crippen LogP contribution in [0.25, 0.3) is 11.0 Å². The average molecular weight is 357 g/mol. The summed E-state index contributed by atoms with van der Waals surface area (Å²) in [5.74, 6) is 0.895. The Balaban J connectivity index is 1.40. The van der Waals surface area contributed by atoms with Crippen LogP contribution in [0.4, 0.5) is 5.82 Å². The Morgan fingerprint density at radius 2 is 2.12 bits per heavy atom. The third kappa shape index (κ3) is 3.55. The Kier molecular flexibility index (Phi) is 4.73. The van der Waals surface area contributed by atoms with E-state index < -0.39 is 11.0 Å². The van der Waals surface area contributed by atoms with Gasteiger partial charge in [0.1, 0.15) is 22.5 Å². The molecule has 1 aliphatic rings. The number of aromatic amines is 1. The third-order valence-electron chi connectivity index (χ3n) is 4.20. The van der Waals surface area contributed by atoms with Gasteiger partial charge in [-0.2, -0.15) is 0 Å². The van der Waals surface area contributed by atoms with E-state index in [9.17, 15) is 4.21 Å². The number of H-pyrrole nitrogens is 1. The standard InChI is InChI=1S/C17H19N5O2S/c23-25(21-11-13-10-20-17-15(13)2-1-5-18-17)14-3-4-16(19-12-14)22-6-8-24-9-7-22/h1-5,10,12,21H,6-9,11H2,(H,18,20). The van der Waals surface area contributed by atoms with Crippen molar-refractivity contribution in [3.8, 4) is 0 Å². The van der Waals surface area contributed by atoms with E-state index in [1.54, 1.807) is 12.4 Å². The molecule has 8 heteroatoms. The summed E-state index contributed by atoms with van der Waals surface area (Å²) in [4.78, 5) is 14.6. The van der Waals surface area contributed by atoms with Gasteiger partial charge in [0.15, 0.2) is 0 Å². The first-order chi connectivity index (χ1) is 12.3. The van der Waals surface area contributed by atoms with E-state index in [4.69, 9.17) is 4.74 Å². The van der Waals surface area contributed by atoms with Crippen molar-refractivity contribution in [2.45, 2.75) is 11.4 Å². The van der Waals surface area contributed by atoms with Crippen LogP contribution in [0.15, 0.2) is 47.8 Å². The van der Waals surface area contributed by atoms with Gasteiger partial charge in [-0.05, 0) is 29.8 Å². The van der Waals surface area contributed by atoms with Crippen LogP contribution in [-0.2, 0) is 22.3 Å². The van der Waals surface area contributed by atoms with E-state index in [0.29, 0.717) is 11.4 Å². The molecular formula is C17H19N5O2S. The summed E-state index contributed by atoms with van der Waals surface area (Å²) >= 11 is 0. The normalized spacial score (nSPS) is 16.2. The summed E-state index contributed by atoms with van der Waals surface area (Å²) in [6.45, 7) is 3.60. The molecule has 0 radical (unpaired) electrons. The van der Waals surface area contributed by atoms with E-state index in [2.05, 4.69) is 24.6 Å². The van der Waals surface area contributed by atoms with Crippen molar-refractivity contribution in [1.82, 2.24) is 19.7 Å². The number of hydrogen-bond acceptors (Lipinski definition) is 5. The molecule has 0 aromatic carbocycles. The maximum atomic E-state index is 12.5. The number of nitrogens with one attached hydrogen (secondary N) is 2. The highest BCUT2D eigenvalue weighted by atomic mass is 32.2. The summed E-state index contributed by atoms with van der Waals surface area (Å²) in [5, 5.41) is 1.03. The predicted molar refractivity (Wildman–Crippen MR) is 96.6 cm³/mol. The van der Waals surface area contributed by atoms with Gasteiger partial charge < -0.3 is 14.6 Å². The smallest absolute Gasteiger partial charge is 0.137 e. The summed E-state index contributed by atoms with van der Waals surface area (Å²) in [7, 11) is -1.31. The molecule has 0 spiro atoms. The lowest BCUT2D eigenvalue weighted by Crippen LogP contribution is -2.36. The second-order valence-corrected chi connectivity index (χ2v) is 7.05. The van der Waals surface area contributed by atoms with Crippen molar-refractivity contribution in [3.63, 3.8) is 0 Å². The number of ether oxygens (including phenoxy) is 1. The second-order valence-electron chi connectivity index (χ2n) is 5.75. The monoisotopic (exact) mass is 357 g/mol. The van der Waals surface area contributed by atoms with E-state index in [-0.39, 0.29) is 0 Å². The van der Waals surface area contributed by atoms with Gasteiger partial charge in [0, 0.05) is 43.6 Å². The minimum Gasteiger partial charge on any atom is -0.378 e. The lowest BCUT2D eigenvalue weighted by atomic mass is 10.2. The summed E-state index contributed by atoms with van der Waals surface area (Å²) in [6, 6.07) is 7.66. The number of hydrogen-bond donors (Lipinski definition) is 2. The maximum Gasteiger partial charge on any atom is 0.137 e. The van der Waals surface area contributed by atoms with Crippen molar-refractivity contribution in [1.29, 1.82) is 0 Å². The summed E-state index contributed by atoms with van der Waals surface area (Å²) < 4.78 is 20.9. The first-order valence-electron chi connectivity index (χ1n) is 8.16. The van der Waals surface area contributed by atoms with E-state index in [0.717, 1.165) is 48.7 Å². The Hall–Kier alpha value is -2.29. The van der Waals surface area contributed by atoms with Crippen molar-refractivity contribution < 1.29 is 8.95 Å². The molecule has 1 saturated heterocycles. The number of anilines is 1. The lowest BCUT2D eigenvalue weighted by Gasteiger charge is -2.27. The Labute approximate surface area is 148 Å². The average Bonchev–Trinajstić information content (AvgIpc) is 3.10. The first kappa shape index (κ1) is 16.2. The van der Waals surface area contributed by atoms with Crippen LogP contribution >= 0.6 is 0 Å². The molecular weight excluding hydrogens is 338 g/mol. The van der Waals surface area contributed by atoms with Crippen LogP contribution in [0.2, 0.25) is 0 Å². The number of nitrogens with zero attached hydrogens (tertiary/aromatic N) is 3. The fourth-order valence-corrected chi connectivity index (χ4v) is 3.64. The Bertz CT molecular complexity index is 874. The van der Waals surface area contributed by atoms with Gasteiger partial charge in [-0.25, -0.2) is 18.9 Å². The Morgan fingerprint density at radius 3 is 2.92 bits per heavy atom. The SMILES string of the molecule is O=S(NCc1c[nH]c2ncccc12)c1ccc(N2CCOCC2)nc1. The molecule has 0 amide bonds. The van der Waals surface area contributed by atoms with Crippen LogP contribution in [0.3, 0.4) is 0 Å². The molecule has 1 unspecified atom stereocenters. The molecule has 130 valence electrons. The van der Waals surface area contributed by atoms with Gasteiger partial charge in [0.05, 0.1) is 18.1 Å². The number of fused-ring (bicyclic) bond motifs is 1. The fraction of sp³-hybridized carbons (Fsp3) is 0.294. The molecule has 3 aromatic rings. The van der Waals surface area contributed by atoms with Crippen LogP contribution < -0.4 is 9.62 Å². The zero-order valence-electron chi connectivity index (χ0n) is 13.6. The van der Waals surface area contributed by atoms with Crippen molar-refractivity contribution in [3.05, 3.63) is 48.4 Å². The third-order valence-corrected chi connectivity index (χ3v) is 5.28. The van der Waals surface area contributed by atoms with Crippen molar-refractivity contribution >= 4 is 27.8 Å². The van der Waals surface area contributed by atoms with Crippen LogP contribution in [-0.4, -0.2) is 45.5 Å². The molecule has 4 rings (SSSR count). The van der Waals surface area contributed by atoms with Gasteiger partial charge in [-0.3, -0.25) is 0 Å². The molecule has 0 aliphatic carbocycles. The zero-order chi connectivity index (χ0) is 17.1. The van der Waals surface area contributed by atoms with Crippen LogP contribution in [0, 0.1) is 0 Å². The highest BCUT2D eigenvalue weighted by molar-refractivity contribution is 7.83. The van der Waals surface area contributed by atoms with Crippen molar-refractivity contribution in [2.75, 3.05) is 31.2 Å². The van der Waals surface area contributed by atoms with Gasteiger partial charge in [0.2, 0.25) is 0 Å². The molecule has 0 bridgehead atoms. The van der Waals surface area contributed by atoms with Gasteiger partial charge in [-0.1, -0.05) is 0 Å². The molecule has 7 nitrogen and oxygen atoms in total. The molecule has 1 fully saturated rings. The number of aromatic nitrogens is 3. The summed E-state index contributed by atoms with van der Waals surface area (Å²) in [5.41, 5.74) is 1.87. The molecule has 4 heterocycles. The molecule has 1 aliphatic heterocycles. The quantitative estimate of drug-likeness (QED) is 0.725. The van der Waals surface area contributed by atoms with E-state index in [1.165, 1.54) is 0 Å². The number of morpholine rings is 1. The summed E-state index contributed by atoms with van der Waals surface area (Å²) in [6.07, 6.45) is 5.31. The second kappa shape index (κ2) is 7.30. The maximum absolute atomic E-state index is 12.5. The number of rotatable bonds is 5. The zero-order valence-corrected chi connectivity index (χ0v) is 14.5. The van der Waals surface area contributed by atoms with Gasteiger partial charge >= 0.3 is 0 Å². The van der Waals surface area contributed by atoms with Crippen LogP contribution in [0.5, 0.6) is 0 Å². The first-order valence-corrected chi connectivity index (χ1v) is 9.31. The van der Waals surface area contributed by atoms with E-state index in [1.807, 2.05) is 30.5 Å².